The standard InChI is InChI=1S/C16H17NO2/c1-9-5-6-10(2)16-14(9)15-12(17-16)7-11(18-3)8-13(15)19-4/h5-8,17H,1-4H3. The fourth-order valence-electron chi connectivity index (χ4n) is 2.65. The fourth-order valence-corrected chi connectivity index (χ4v) is 2.65. The predicted molar refractivity (Wildman–Crippen MR) is 78.4 cm³/mol. The number of H-pyrrole nitrogens is 1. The second-order valence-corrected chi connectivity index (χ2v) is 4.83. The Bertz CT molecular complexity index is 771. The van der Waals surface area contributed by atoms with E-state index in [0.717, 1.165) is 22.4 Å². The Morgan fingerprint density at radius 3 is 2.32 bits per heavy atom. The van der Waals surface area contributed by atoms with Gasteiger partial charge in [-0.15, -0.1) is 0 Å². The number of aromatic amines is 1. The lowest BCUT2D eigenvalue weighted by molar-refractivity contribution is 0.398. The highest BCUT2D eigenvalue weighted by atomic mass is 16.5. The smallest absolute Gasteiger partial charge is 0.132 e. The number of methoxy groups -OCH3 is 2. The molecule has 0 spiro atoms. The van der Waals surface area contributed by atoms with Crippen LogP contribution in [0, 0.1) is 13.8 Å². The van der Waals surface area contributed by atoms with Crippen molar-refractivity contribution >= 4 is 21.8 Å². The summed E-state index contributed by atoms with van der Waals surface area (Å²) >= 11 is 0. The van der Waals surface area contributed by atoms with Crippen LogP contribution >= 0.6 is 0 Å². The zero-order chi connectivity index (χ0) is 13.6. The van der Waals surface area contributed by atoms with Gasteiger partial charge in [-0.1, -0.05) is 12.1 Å². The van der Waals surface area contributed by atoms with Gasteiger partial charge in [-0.2, -0.15) is 0 Å². The molecule has 0 saturated heterocycles. The average molecular weight is 255 g/mol. The van der Waals surface area contributed by atoms with E-state index in [0.29, 0.717) is 0 Å². The van der Waals surface area contributed by atoms with E-state index in [1.165, 1.54) is 22.0 Å². The summed E-state index contributed by atoms with van der Waals surface area (Å²) in [6.07, 6.45) is 0. The lowest BCUT2D eigenvalue weighted by atomic mass is 10.0. The molecule has 98 valence electrons. The minimum Gasteiger partial charge on any atom is -0.497 e. The van der Waals surface area contributed by atoms with E-state index in [9.17, 15) is 0 Å². The number of rotatable bonds is 2. The van der Waals surface area contributed by atoms with E-state index < -0.39 is 0 Å². The second kappa shape index (κ2) is 4.19. The highest BCUT2D eigenvalue weighted by Crippen LogP contribution is 2.38. The molecule has 19 heavy (non-hydrogen) atoms. The number of aryl methyl sites for hydroxylation is 2. The van der Waals surface area contributed by atoms with Crippen LogP contribution < -0.4 is 9.47 Å². The largest absolute Gasteiger partial charge is 0.497 e. The van der Waals surface area contributed by atoms with E-state index in [4.69, 9.17) is 9.47 Å². The van der Waals surface area contributed by atoms with Gasteiger partial charge in [-0.3, -0.25) is 0 Å². The zero-order valence-electron chi connectivity index (χ0n) is 11.6. The minimum atomic E-state index is 0.797. The maximum atomic E-state index is 5.53. The lowest BCUT2D eigenvalue weighted by Crippen LogP contribution is -1.88. The molecule has 0 bridgehead atoms. The van der Waals surface area contributed by atoms with Crippen molar-refractivity contribution in [1.29, 1.82) is 0 Å². The average Bonchev–Trinajstić information content (AvgIpc) is 2.82. The normalized spacial score (nSPS) is 11.2. The molecule has 1 N–H and O–H groups in total. The first kappa shape index (κ1) is 11.9. The van der Waals surface area contributed by atoms with Crippen LogP contribution in [0.5, 0.6) is 11.5 Å². The molecule has 3 nitrogen and oxygen atoms in total. The molecule has 3 heteroatoms. The van der Waals surface area contributed by atoms with Gasteiger partial charge < -0.3 is 14.5 Å². The van der Waals surface area contributed by atoms with Gasteiger partial charge in [-0.25, -0.2) is 0 Å². The van der Waals surface area contributed by atoms with Crippen molar-refractivity contribution in [1.82, 2.24) is 4.98 Å². The number of hydrogen-bond acceptors (Lipinski definition) is 2. The SMILES string of the molecule is COc1cc(OC)c2c(c1)[nH]c1c(C)ccc(C)c12. The van der Waals surface area contributed by atoms with E-state index in [1.807, 2.05) is 12.1 Å². The van der Waals surface area contributed by atoms with Crippen molar-refractivity contribution in [3.05, 3.63) is 35.4 Å². The molecular formula is C16H17NO2. The highest BCUT2D eigenvalue weighted by Gasteiger charge is 2.14. The van der Waals surface area contributed by atoms with Crippen molar-refractivity contribution in [2.24, 2.45) is 0 Å². The third kappa shape index (κ3) is 1.65. The molecule has 2 aromatic carbocycles. The van der Waals surface area contributed by atoms with Crippen molar-refractivity contribution < 1.29 is 9.47 Å². The third-order valence-corrected chi connectivity index (χ3v) is 3.66. The van der Waals surface area contributed by atoms with Gasteiger partial charge in [0.05, 0.1) is 19.7 Å². The van der Waals surface area contributed by atoms with Gasteiger partial charge in [0.1, 0.15) is 11.5 Å². The van der Waals surface area contributed by atoms with Crippen molar-refractivity contribution in [2.45, 2.75) is 13.8 Å². The zero-order valence-corrected chi connectivity index (χ0v) is 11.6. The van der Waals surface area contributed by atoms with Crippen LogP contribution in [0.2, 0.25) is 0 Å². The van der Waals surface area contributed by atoms with Gasteiger partial charge >= 0.3 is 0 Å². The molecule has 0 unspecified atom stereocenters. The minimum absolute atomic E-state index is 0.797. The third-order valence-electron chi connectivity index (χ3n) is 3.66. The van der Waals surface area contributed by atoms with E-state index in [-0.39, 0.29) is 0 Å². The Morgan fingerprint density at radius 1 is 0.895 bits per heavy atom. The summed E-state index contributed by atoms with van der Waals surface area (Å²) in [6.45, 7) is 4.24. The van der Waals surface area contributed by atoms with Crippen molar-refractivity contribution in [3.8, 4) is 11.5 Å². The van der Waals surface area contributed by atoms with Gasteiger partial charge in [0, 0.05) is 28.4 Å². The first-order valence-corrected chi connectivity index (χ1v) is 6.29. The van der Waals surface area contributed by atoms with Crippen molar-refractivity contribution in [3.63, 3.8) is 0 Å². The van der Waals surface area contributed by atoms with Crippen LogP contribution in [0.25, 0.3) is 21.8 Å². The summed E-state index contributed by atoms with van der Waals surface area (Å²) in [5, 5.41) is 2.36. The number of hydrogen-bond donors (Lipinski definition) is 1. The molecule has 3 aromatic rings. The molecule has 0 fully saturated rings. The molecule has 1 heterocycles. The summed E-state index contributed by atoms with van der Waals surface area (Å²) in [5.41, 5.74) is 4.69. The molecule has 0 aliphatic rings. The fraction of sp³-hybridized carbons (Fsp3) is 0.250. The first-order chi connectivity index (χ1) is 9.15. The second-order valence-electron chi connectivity index (χ2n) is 4.83. The Balaban J connectivity index is 2.54. The highest BCUT2D eigenvalue weighted by molar-refractivity contribution is 6.13. The molecule has 1 aromatic heterocycles. The maximum absolute atomic E-state index is 5.53. The Labute approximate surface area is 112 Å². The molecule has 0 aliphatic heterocycles. The van der Waals surface area contributed by atoms with E-state index in [2.05, 4.69) is 31.0 Å². The summed E-state index contributed by atoms with van der Waals surface area (Å²) in [7, 11) is 3.36. The number of nitrogens with one attached hydrogen (secondary N) is 1. The molecular weight excluding hydrogens is 238 g/mol. The summed E-state index contributed by atoms with van der Waals surface area (Å²) in [4.78, 5) is 3.48. The molecule has 0 atom stereocenters. The Hall–Kier alpha value is -2.16. The van der Waals surface area contributed by atoms with Crippen LogP contribution in [0.4, 0.5) is 0 Å². The molecule has 0 saturated carbocycles. The predicted octanol–water partition coefficient (Wildman–Crippen LogP) is 3.96. The molecule has 0 radical (unpaired) electrons. The molecule has 3 rings (SSSR count). The molecule has 0 amide bonds. The van der Waals surface area contributed by atoms with Gasteiger partial charge in [0.15, 0.2) is 0 Å². The first-order valence-electron chi connectivity index (χ1n) is 6.29. The number of ether oxygens (including phenoxy) is 2. The Morgan fingerprint density at radius 2 is 1.63 bits per heavy atom. The van der Waals surface area contributed by atoms with Gasteiger partial charge in [-0.05, 0) is 25.0 Å². The summed E-state index contributed by atoms with van der Waals surface area (Å²) in [6, 6.07) is 8.22. The van der Waals surface area contributed by atoms with Crippen LogP contribution in [0.15, 0.2) is 24.3 Å². The number of fused-ring (bicyclic) bond motifs is 3. The summed E-state index contributed by atoms with van der Waals surface area (Å²) < 4.78 is 10.9. The summed E-state index contributed by atoms with van der Waals surface area (Å²) in [5.74, 6) is 1.64. The van der Waals surface area contributed by atoms with E-state index in [1.54, 1.807) is 14.2 Å². The Kier molecular flexibility index (Phi) is 2.63. The number of aromatic nitrogens is 1. The monoisotopic (exact) mass is 255 g/mol. The molecule has 0 aliphatic carbocycles. The quantitative estimate of drug-likeness (QED) is 0.752. The van der Waals surface area contributed by atoms with Crippen LogP contribution in [0.3, 0.4) is 0 Å². The topological polar surface area (TPSA) is 34.2 Å². The van der Waals surface area contributed by atoms with Crippen LogP contribution in [-0.4, -0.2) is 19.2 Å². The van der Waals surface area contributed by atoms with Crippen molar-refractivity contribution in [2.75, 3.05) is 14.2 Å². The van der Waals surface area contributed by atoms with E-state index >= 15 is 0 Å². The number of benzene rings is 2. The van der Waals surface area contributed by atoms with Crippen LogP contribution in [-0.2, 0) is 0 Å². The maximum Gasteiger partial charge on any atom is 0.132 e. The van der Waals surface area contributed by atoms with Gasteiger partial charge in [0.25, 0.3) is 0 Å². The van der Waals surface area contributed by atoms with Crippen LogP contribution in [0.1, 0.15) is 11.1 Å². The lowest BCUT2D eigenvalue weighted by Gasteiger charge is -2.07. The van der Waals surface area contributed by atoms with Gasteiger partial charge in [0.2, 0.25) is 0 Å².